The van der Waals surface area contributed by atoms with E-state index >= 15 is 0 Å². The van der Waals surface area contributed by atoms with E-state index in [0.29, 0.717) is 17.0 Å². The number of rotatable bonds is 4. The number of carbonyl (C=O) groups is 1. The van der Waals surface area contributed by atoms with Gasteiger partial charge < -0.3 is 0 Å². The number of nitrogens with zero attached hydrogens (tertiary/aromatic N) is 3. The van der Waals surface area contributed by atoms with Crippen LogP contribution in [-0.4, -0.2) is 26.7 Å². The molecule has 3 rings (SSSR count). The van der Waals surface area contributed by atoms with Gasteiger partial charge in [0.1, 0.15) is 0 Å². The number of amides is 1. The van der Waals surface area contributed by atoms with Crippen molar-refractivity contribution < 1.29 is 9.72 Å². The Kier molecular flexibility index (Phi) is 4.37. The van der Waals surface area contributed by atoms with E-state index in [1.165, 1.54) is 12.1 Å². The van der Waals surface area contributed by atoms with E-state index in [2.05, 4.69) is 20.7 Å². The molecule has 1 heterocycles. The van der Waals surface area contributed by atoms with Crippen molar-refractivity contribution in [3.63, 3.8) is 0 Å². The van der Waals surface area contributed by atoms with Gasteiger partial charge in [0.15, 0.2) is 5.69 Å². The third-order valence-electron chi connectivity index (χ3n) is 4.09. The molecule has 1 aliphatic carbocycles. The molecular weight excluding hydrogens is 310 g/mol. The fraction of sp³-hybridized carbons (Fsp3) is 0.312. The predicted octanol–water partition coefficient (Wildman–Crippen LogP) is 2.35. The molecule has 0 aliphatic heterocycles. The van der Waals surface area contributed by atoms with Gasteiger partial charge in [-0.25, -0.2) is 5.43 Å². The Morgan fingerprint density at radius 3 is 2.71 bits per heavy atom. The van der Waals surface area contributed by atoms with Gasteiger partial charge in [-0.1, -0.05) is 0 Å². The topological polar surface area (TPSA) is 113 Å². The fourth-order valence-corrected chi connectivity index (χ4v) is 2.75. The lowest BCUT2D eigenvalue weighted by atomic mass is 9.96. The molecule has 0 unspecified atom stereocenters. The number of carbonyl (C=O) groups excluding carboxylic acids is 1. The molecule has 2 aromatic rings. The molecule has 2 N–H and O–H groups in total. The van der Waals surface area contributed by atoms with E-state index in [1.54, 1.807) is 19.1 Å². The zero-order valence-electron chi connectivity index (χ0n) is 13.2. The van der Waals surface area contributed by atoms with Crippen molar-refractivity contribution in [1.82, 2.24) is 15.6 Å². The summed E-state index contributed by atoms with van der Waals surface area (Å²) in [7, 11) is 0. The number of aryl methyl sites for hydroxylation is 1. The summed E-state index contributed by atoms with van der Waals surface area (Å²) < 4.78 is 0. The lowest BCUT2D eigenvalue weighted by Crippen LogP contribution is -2.21. The number of fused-ring (bicyclic) bond motifs is 1. The quantitative estimate of drug-likeness (QED) is 0.509. The first-order valence-corrected chi connectivity index (χ1v) is 7.72. The fourth-order valence-electron chi connectivity index (χ4n) is 2.75. The zero-order chi connectivity index (χ0) is 17.1. The molecule has 0 atom stereocenters. The number of H-pyrrole nitrogens is 1. The van der Waals surface area contributed by atoms with Crippen LogP contribution in [0.1, 0.15) is 47.1 Å². The summed E-state index contributed by atoms with van der Waals surface area (Å²) in [5.74, 6) is -0.351. The molecule has 0 radical (unpaired) electrons. The van der Waals surface area contributed by atoms with E-state index in [1.807, 2.05) is 0 Å². The monoisotopic (exact) mass is 327 g/mol. The van der Waals surface area contributed by atoms with E-state index in [9.17, 15) is 14.9 Å². The first-order chi connectivity index (χ1) is 11.6. The highest BCUT2D eigenvalue weighted by Crippen LogP contribution is 2.22. The van der Waals surface area contributed by atoms with Gasteiger partial charge in [0.25, 0.3) is 11.6 Å². The van der Waals surface area contributed by atoms with Gasteiger partial charge in [-0.05, 0) is 50.3 Å². The highest BCUT2D eigenvalue weighted by Gasteiger charge is 2.21. The number of nitro benzene ring substituents is 1. The third-order valence-corrected chi connectivity index (χ3v) is 4.09. The van der Waals surface area contributed by atoms with E-state index in [-0.39, 0.29) is 11.6 Å². The molecule has 0 fully saturated rings. The van der Waals surface area contributed by atoms with Gasteiger partial charge in [0.05, 0.1) is 10.6 Å². The van der Waals surface area contributed by atoms with Gasteiger partial charge in [-0.2, -0.15) is 10.2 Å². The average molecular weight is 327 g/mol. The molecule has 1 aliphatic rings. The number of benzene rings is 1. The summed E-state index contributed by atoms with van der Waals surface area (Å²) in [5, 5.41) is 21.7. The first-order valence-electron chi connectivity index (χ1n) is 7.72. The van der Waals surface area contributed by atoms with Gasteiger partial charge >= 0.3 is 0 Å². The number of nitro groups is 1. The Balaban J connectivity index is 1.71. The molecule has 8 nitrogen and oxygen atoms in total. The van der Waals surface area contributed by atoms with Crippen LogP contribution in [0.2, 0.25) is 0 Å². The smallest absolute Gasteiger partial charge is 0.281 e. The summed E-state index contributed by atoms with van der Waals surface area (Å²) >= 11 is 0. The third kappa shape index (κ3) is 3.17. The number of nitrogens with one attached hydrogen (secondary N) is 2. The zero-order valence-corrected chi connectivity index (χ0v) is 13.2. The van der Waals surface area contributed by atoms with Crippen LogP contribution in [0.15, 0.2) is 29.4 Å². The molecule has 1 amide bonds. The summed E-state index contributed by atoms with van der Waals surface area (Å²) in [5.41, 5.74) is 6.17. The number of hydrazone groups is 1. The molecule has 0 bridgehead atoms. The van der Waals surface area contributed by atoms with Crippen LogP contribution in [-0.2, 0) is 12.8 Å². The number of hydrogen-bond acceptors (Lipinski definition) is 5. The van der Waals surface area contributed by atoms with Crippen molar-refractivity contribution in [2.45, 2.75) is 32.6 Å². The Labute approximate surface area is 138 Å². The van der Waals surface area contributed by atoms with E-state index < -0.39 is 4.92 Å². The lowest BCUT2D eigenvalue weighted by molar-refractivity contribution is -0.384. The van der Waals surface area contributed by atoms with Gasteiger partial charge in [-0.15, -0.1) is 0 Å². The van der Waals surface area contributed by atoms with Crippen molar-refractivity contribution in [2.75, 3.05) is 0 Å². The Morgan fingerprint density at radius 2 is 2.00 bits per heavy atom. The Bertz CT molecular complexity index is 808. The van der Waals surface area contributed by atoms with Gasteiger partial charge in [0, 0.05) is 23.4 Å². The summed E-state index contributed by atoms with van der Waals surface area (Å²) in [6.07, 6.45) is 3.92. The molecule has 0 saturated heterocycles. The molecule has 124 valence electrons. The number of aromatic nitrogens is 2. The second-order valence-corrected chi connectivity index (χ2v) is 5.68. The molecule has 1 aromatic heterocycles. The van der Waals surface area contributed by atoms with Crippen LogP contribution in [0.4, 0.5) is 5.69 Å². The van der Waals surface area contributed by atoms with Crippen LogP contribution < -0.4 is 5.43 Å². The van der Waals surface area contributed by atoms with E-state index in [4.69, 9.17) is 0 Å². The standard InChI is InChI=1S/C16H17N5O3/c1-10(11-6-8-12(9-7-11)21(23)24)17-20-16(22)15-13-4-2-3-5-14(13)18-19-15/h6-9H,2-5H2,1H3,(H,18,19)(H,20,22). The Morgan fingerprint density at radius 1 is 1.29 bits per heavy atom. The minimum absolute atomic E-state index is 0.0127. The van der Waals surface area contributed by atoms with Crippen LogP contribution in [0.5, 0.6) is 0 Å². The van der Waals surface area contributed by atoms with Gasteiger partial charge in [0.2, 0.25) is 0 Å². The van der Waals surface area contributed by atoms with Crippen molar-refractivity contribution in [2.24, 2.45) is 5.10 Å². The molecule has 24 heavy (non-hydrogen) atoms. The van der Waals surface area contributed by atoms with Crippen LogP contribution >= 0.6 is 0 Å². The van der Waals surface area contributed by atoms with Crippen LogP contribution in [0.3, 0.4) is 0 Å². The van der Waals surface area contributed by atoms with E-state index in [0.717, 1.165) is 36.9 Å². The van der Waals surface area contributed by atoms with Gasteiger partial charge in [-0.3, -0.25) is 20.0 Å². The largest absolute Gasteiger partial charge is 0.292 e. The van der Waals surface area contributed by atoms with Crippen molar-refractivity contribution in [3.05, 3.63) is 56.9 Å². The molecular formula is C16H17N5O3. The van der Waals surface area contributed by atoms with Crippen LogP contribution in [0, 0.1) is 10.1 Å². The normalized spacial score (nSPS) is 14.1. The van der Waals surface area contributed by atoms with Crippen molar-refractivity contribution in [1.29, 1.82) is 0 Å². The predicted molar refractivity (Wildman–Crippen MR) is 88.0 cm³/mol. The average Bonchev–Trinajstić information content (AvgIpc) is 3.03. The second-order valence-electron chi connectivity index (χ2n) is 5.68. The first kappa shape index (κ1) is 15.9. The Hall–Kier alpha value is -3.03. The van der Waals surface area contributed by atoms with Crippen molar-refractivity contribution in [3.8, 4) is 0 Å². The summed E-state index contributed by atoms with van der Waals surface area (Å²) in [4.78, 5) is 22.5. The summed E-state index contributed by atoms with van der Waals surface area (Å²) in [6.45, 7) is 1.72. The summed E-state index contributed by atoms with van der Waals surface area (Å²) in [6, 6.07) is 6.00. The highest BCUT2D eigenvalue weighted by atomic mass is 16.6. The molecule has 8 heteroatoms. The maximum atomic E-state index is 12.3. The molecule has 1 aromatic carbocycles. The number of hydrogen-bond donors (Lipinski definition) is 2. The molecule has 0 spiro atoms. The maximum Gasteiger partial charge on any atom is 0.292 e. The second kappa shape index (κ2) is 6.61. The minimum Gasteiger partial charge on any atom is -0.281 e. The van der Waals surface area contributed by atoms with Crippen LogP contribution in [0.25, 0.3) is 0 Å². The highest BCUT2D eigenvalue weighted by molar-refractivity contribution is 6.00. The SMILES string of the molecule is CC(=NNC(=O)c1n[nH]c2c1CCCC2)c1ccc([N+](=O)[O-])cc1. The van der Waals surface area contributed by atoms with Crippen molar-refractivity contribution >= 4 is 17.3 Å². The lowest BCUT2D eigenvalue weighted by Gasteiger charge is -2.10. The molecule has 0 saturated carbocycles. The minimum atomic E-state index is -0.460. The number of aromatic amines is 1. The number of non-ortho nitro benzene ring substituents is 1. The maximum absolute atomic E-state index is 12.3.